The third kappa shape index (κ3) is 2.92. The molecule has 6 rings (SSSR count). The summed E-state index contributed by atoms with van der Waals surface area (Å²) >= 11 is 0. The Morgan fingerprint density at radius 1 is 1.16 bits per heavy atom. The lowest BCUT2D eigenvalue weighted by Crippen LogP contribution is -2.23. The predicted molar refractivity (Wildman–Crippen MR) is 114 cm³/mol. The van der Waals surface area contributed by atoms with Crippen LogP contribution in [0, 0.1) is 6.92 Å². The Balaban J connectivity index is 1.57. The van der Waals surface area contributed by atoms with Crippen LogP contribution in [0.15, 0.2) is 41.9 Å². The van der Waals surface area contributed by atoms with E-state index >= 15 is 0 Å². The average molecular weight is 412 g/mol. The largest absolute Gasteiger partial charge is 0.350 e. The van der Waals surface area contributed by atoms with Crippen molar-refractivity contribution >= 4 is 17.4 Å². The Kier molecular flexibility index (Phi) is 3.95. The molecule has 0 fully saturated rings. The van der Waals surface area contributed by atoms with Crippen LogP contribution in [0.4, 0.5) is 0 Å². The first kappa shape index (κ1) is 17.9. The van der Waals surface area contributed by atoms with Crippen LogP contribution < -0.4 is 5.32 Å². The van der Waals surface area contributed by atoms with Crippen LogP contribution >= 0.6 is 0 Å². The second-order valence-corrected chi connectivity index (χ2v) is 7.85. The van der Waals surface area contributed by atoms with E-state index in [1.807, 2.05) is 40.7 Å². The molecule has 0 radical (unpaired) electrons. The fourth-order valence-electron chi connectivity index (χ4n) is 4.32. The van der Waals surface area contributed by atoms with Crippen LogP contribution in [0.3, 0.4) is 0 Å². The van der Waals surface area contributed by atoms with Crippen molar-refractivity contribution in [2.45, 2.75) is 39.4 Å². The lowest BCUT2D eigenvalue weighted by atomic mass is 10.0. The summed E-state index contributed by atoms with van der Waals surface area (Å²) in [5.74, 6) is 0.585. The van der Waals surface area contributed by atoms with Crippen LogP contribution in [0.5, 0.6) is 0 Å². The van der Waals surface area contributed by atoms with Gasteiger partial charge in [-0.25, -0.2) is 9.97 Å². The highest BCUT2D eigenvalue weighted by molar-refractivity contribution is 6.15. The molecule has 1 N–H and O–H groups in total. The number of fused-ring (bicyclic) bond motifs is 8. The Morgan fingerprint density at radius 3 is 3.03 bits per heavy atom. The van der Waals surface area contributed by atoms with Crippen LogP contribution in [0.2, 0.25) is 0 Å². The number of carbonyl (C=O) groups excluding carboxylic acids is 1. The molecule has 0 saturated heterocycles. The van der Waals surface area contributed by atoms with E-state index < -0.39 is 0 Å². The smallest absolute Gasteiger partial charge is 0.234 e. The molecule has 2 aliphatic rings. The number of aryl methyl sites for hydroxylation is 2. The zero-order valence-corrected chi connectivity index (χ0v) is 17.0. The van der Waals surface area contributed by atoms with Crippen molar-refractivity contribution in [1.29, 1.82) is 0 Å². The monoisotopic (exact) mass is 412 g/mol. The number of amides is 1. The number of pyridine rings is 1. The number of hydrogen-bond donors (Lipinski definition) is 1. The molecule has 4 aromatic heterocycles. The van der Waals surface area contributed by atoms with Gasteiger partial charge in [0.05, 0.1) is 41.6 Å². The second-order valence-electron chi connectivity index (χ2n) is 7.85. The summed E-state index contributed by atoms with van der Waals surface area (Å²) in [5, 5.41) is 7.64. The quantitative estimate of drug-likeness (QED) is 0.476. The summed E-state index contributed by atoms with van der Waals surface area (Å²) in [6.45, 7) is 3.57. The minimum Gasteiger partial charge on any atom is -0.350 e. The molecular formula is C22H20N8O. The van der Waals surface area contributed by atoms with E-state index in [9.17, 15) is 4.79 Å². The molecule has 6 heterocycles. The molecular weight excluding hydrogens is 392 g/mol. The van der Waals surface area contributed by atoms with E-state index in [-0.39, 0.29) is 5.91 Å². The Labute approximate surface area is 177 Å². The van der Waals surface area contributed by atoms with Crippen molar-refractivity contribution < 1.29 is 4.79 Å². The summed E-state index contributed by atoms with van der Waals surface area (Å²) in [5.41, 5.74) is 7.39. The number of hydrogen-bond acceptors (Lipinski definition) is 6. The van der Waals surface area contributed by atoms with Crippen molar-refractivity contribution in [3.8, 4) is 11.3 Å². The molecule has 0 aromatic carbocycles. The topological polar surface area (TPSA) is 102 Å². The standard InChI is InChI=1S/C22H20N8O/c1-13-16-12-29(28-13)6-2-4-19(31)25-11-18-21(30-7-3-5-23-22(30)27-18)14-8-15-17(24-9-14)10-26-20(15)16/h3,5,7-9,12H,2,4,6,10-11H2,1H3,(H,25,31). The molecule has 4 bridgehead atoms. The van der Waals surface area contributed by atoms with E-state index in [0.717, 1.165) is 45.2 Å². The fraction of sp³-hybridized carbons (Fsp3) is 0.273. The normalized spacial score (nSPS) is 15.8. The van der Waals surface area contributed by atoms with E-state index in [0.29, 0.717) is 38.3 Å². The van der Waals surface area contributed by atoms with Gasteiger partial charge in [0, 0.05) is 54.4 Å². The zero-order chi connectivity index (χ0) is 20.9. The third-order valence-electron chi connectivity index (χ3n) is 5.81. The number of aliphatic imine (C=N–C) groups is 1. The van der Waals surface area contributed by atoms with Crippen molar-refractivity contribution in [3.63, 3.8) is 0 Å². The minimum absolute atomic E-state index is 0.00697. The maximum absolute atomic E-state index is 12.4. The molecule has 0 atom stereocenters. The summed E-state index contributed by atoms with van der Waals surface area (Å²) in [7, 11) is 0. The molecule has 31 heavy (non-hydrogen) atoms. The first-order valence-electron chi connectivity index (χ1n) is 10.3. The molecule has 0 aliphatic carbocycles. The first-order chi connectivity index (χ1) is 15.2. The highest BCUT2D eigenvalue weighted by Gasteiger charge is 2.25. The summed E-state index contributed by atoms with van der Waals surface area (Å²) in [4.78, 5) is 31.0. The van der Waals surface area contributed by atoms with Gasteiger partial charge in [-0.15, -0.1) is 0 Å². The highest BCUT2D eigenvalue weighted by Crippen LogP contribution is 2.30. The maximum Gasteiger partial charge on any atom is 0.234 e. The fourth-order valence-corrected chi connectivity index (χ4v) is 4.32. The minimum atomic E-state index is -0.00697. The van der Waals surface area contributed by atoms with E-state index in [2.05, 4.69) is 26.4 Å². The number of imidazole rings is 1. The summed E-state index contributed by atoms with van der Waals surface area (Å²) in [6, 6.07) is 3.99. The highest BCUT2D eigenvalue weighted by atomic mass is 16.1. The van der Waals surface area contributed by atoms with Gasteiger partial charge in [0.2, 0.25) is 11.7 Å². The predicted octanol–water partition coefficient (Wildman–Crippen LogP) is 2.06. The van der Waals surface area contributed by atoms with E-state index in [4.69, 9.17) is 9.98 Å². The van der Waals surface area contributed by atoms with Crippen molar-refractivity contribution in [3.05, 3.63) is 65.1 Å². The lowest BCUT2D eigenvalue weighted by molar-refractivity contribution is -0.121. The molecule has 4 aromatic rings. The van der Waals surface area contributed by atoms with Gasteiger partial charge in [-0.05, 0) is 25.5 Å². The number of nitrogens with zero attached hydrogens (tertiary/aromatic N) is 7. The van der Waals surface area contributed by atoms with Gasteiger partial charge in [-0.2, -0.15) is 5.10 Å². The zero-order valence-electron chi connectivity index (χ0n) is 17.0. The van der Waals surface area contributed by atoms with Gasteiger partial charge < -0.3 is 5.32 Å². The maximum atomic E-state index is 12.4. The molecule has 0 unspecified atom stereocenters. The lowest BCUT2D eigenvalue weighted by Gasteiger charge is -2.09. The van der Waals surface area contributed by atoms with Crippen molar-refractivity contribution in [1.82, 2.24) is 34.4 Å². The van der Waals surface area contributed by atoms with E-state index in [1.165, 1.54) is 0 Å². The number of aromatic nitrogens is 6. The van der Waals surface area contributed by atoms with Crippen LogP contribution in [0.1, 0.15) is 41.1 Å². The molecule has 9 heteroatoms. The van der Waals surface area contributed by atoms with Crippen LogP contribution in [0.25, 0.3) is 17.0 Å². The van der Waals surface area contributed by atoms with Gasteiger partial charge in [0.1, 0.15) is 0 Å². The number of nitrogens with one attached hydrogen (secondary N) is 1. The van der Waals surface area contributed by atoms with Crippen LogP contribution in [-0.4, -0.2) is 40.8 Å². The second kappa shape index (κ2) is 6.83. The molecule has 1 amide bonds. The van der Waals surface area contributed by atoms with Gasteiger partial charge >= 0.3 is 0 Å². The Morgan fingerprint density at radius 2 is 2.10 bits per heavy atom. The summed E-state index contributed by atoms with van der Waals surface area (Å²) < 4.78 is 3.85. The Hall–Kier alpha value is -3.88. The Bertz CT molecular complexity index is 1380. The first-order valence-corrected chi connectivity index (χ1v) is 10.3. The molecule has 0 saturated carbocycles. The molecule has 0 spiro atoms. The molecule has 2 aliphatic heterocycles. The third-order valence-corrected chi connectivity index (χ3v) is 5.81. The van der Waals surface area contributed by atoms with Gasteiger partial charge in [0.25, 0.3) is 0 Å². The number of carbonyl (C=O) groups is 1. The van der Waals surface area contributed by atoms with Crippen molar-refractivity contribution in [2.75, 3.05) is 0 Å². The molecule has 154 valence electrons. The van der Waals surface area contributed by atoms with Crippen LogP contribution in [-0.2, 0) is 24.4 Å². The van der Waals surface area contributed by atoms with Gasteiger partial charge in [-0.1, -0.05) is 0 Å². The van der Waals surface area contributed by atoms with Crippen molar-refractivity contribution in [2.24, 2.45) is 4.99 Å². The van der Waals surface area contributed by atoms with E-state index in [1.54, 1.807) is 6.20 Å². The number of rotatable bonds is 0. The SMILES string of the molecule is Cc1nn2cc1C1=NCc3ncc(cc31)-c1c(nc3ncccn13)CNC(=O)CCC2. The summed E-state index contributed by atoms with van der Waals surface area (Å²) in [6.07, 6.45) is 8.66. The molecule has 9 nitrogen and oxygen atoms in total. The van der Waals surface area contributed by atoms with Gasteiger partial charge in [0.15, 0.2) is 0 Å². The van der Waals surface area contributed by atoms with Gasteiger partial charge in [-0.3, -0.25) is 23.9 Å². The average Bonchev–Trinajstić information content (AvgIpc) is 3.45.